The summed E-state index contributed by atoms with van der Waals surface area (Å²) in [4.78, 5) is 21.4. The molecule has 2 rings (SSSR count). The molecule has 0 spiro atoms. The monoisotopic (exact) mass is 318 g/mol. The summed E-state index contributed by atoms with van der Waals surface area (Å²) in [6.45, 7) is 0. The molecule has 1 aliphatic rings. The highest BCUT2D eigenvalue weighted by Crippen LogP contribution is 2.29. The highest BCUT2D eigenvalue weighted by Gasteiger charge is 2.37. The molecule has 1 aromatic rings. The number of hydrogen-bond acceptors (Lipinski definition) is 6. The van der Waals surface area contributed by atoms with Gasteiger partial charge in [-0.05, 0) is 17.7 Å². The van der Waals surface area contributed by atoms with E-state index >= 15 is 0 Å². The van der Waals surface area contributed by atoms with E-state index in [1.807, 2.05) is 0 Å². The van der Waals surface area contributed by atoms with E-state index in [1.165, 1.54) is 6.07 Å². The molecular weight excluding hydrogens is 312 g/mol. The predicted octanol–water partition coefficient (Wildman–Crippen LogP) is -0.0726. The van der Waals surface area contributed by atoms with Crippen molar-refractivity contribution in [1.29, 1.82) is 0 Å². The molecule has 20 heavy (non-hydrogen) atoms. The van der Waals surface area contributed by atoms with Crippen molar-refractivity contribution in [2.45, 2.75) is 4.90 Å². The molecule has 0 amide bonds. The molecule has 0 heterocycles. The number of rotatable bonds is 2. The van der Waals surface area contributed by atoms with Crippen molar-refractivity contribution >= 4 is 37.9 Å². The van der Waals surface area contributed by atoms with Gasteiger partial charge in [0, 0.05) is 0 Å². The lowest BCUT2D eigenvalue weighted by molar-refractivity contribution is -0.111. The van der Waals surface area contributed by atoms with Crippen LogP contribution < -0.4 is 0 Å². The average molecular weight is 318 g/mol. The van der Waals surface area contributed by atoms with Crippen molar-refractivity contribution in [2.24, 2.45) is 0 Å². The standard InChI is InChI=1S/C10H6O8S2/c11-9-7(20(16,17)18)4-5-2-1-3-6(19(13,14)15)8(5)10(9)12/h1-4H,(H,13,14,15)(H,16,17,18). The van der Waals surface area contributed by atoms with E-state index < -0.39 is 47.2 Å². The van der Waals surface area contributed by atoms with Crippen LogP contribution in [-0.2, 0) is 25.0 Å². The summed E-state index contributed by atoms with van der Waals surface area (Å²) < 4.78 is 62.1. The summed E-state index contributed by atoms with van der Waals surface area (Å²) >= 11 is 0. The Morgan fingerprint density at radius 1 is 0.850 bits per heavy atom. The molecule has 8 nitrogen and oxygen atoms in total. The molecule has 0 aromatic heterocycles. The first kappa shape index (κ1) is 14.5. The largest absolute Gasteiger partial charge is 0.298 e. The maximum atomic E-state index is 11.8. The fourth-order valence-electron chi connectivity index (χ4n) is 1.75. The second-order valence-corrected chi connectivity index (χ2v) is 6.62. The van der Waals surface area contributed by atoms with Crippen molar-refractivity contribution in [3.05, 3.63) is 34.2 Å². The van der Waals surface area contributed by atoms with Gasteiger partial charge >= 0.3 is 0 Å². The zero-order chi connectivity index (χ0) is 15.3. The van der Waals surface area contributed by atoms with E-state index in [1.54, 1.807) is 0 Å². The van der Waals surface area contributed by atoms with E-state index in [-0.39, 0.29) is 5.56 Å². The summed E-state index contributed by atoms with van der Waals surface area (Å²) in [6.07, 6.45) is 0.670. The molecule has 106 valence electrons. The Morgan fingerprint density at radius 3 is 1.95 bits per heavy atom. The molecule has 0 bridgehead atoms. The van der Waals surface area contributed by atoms with Gasteiger partial charge in [0.15, 0.2) is 0 Å². The smallest absolute Gasteiger partial charge is 0.285 e. The third-order valence-electron chi connectivity index (χ3n) is 2.56. The Bertz CT molecular complexity index is 874. The van der Waals surface area contributed by atoms with Gasteiger partial charge in [-0.2, -0.15) is 16.8 Å². The third kappa shape index (κ3) is 2.29. The van der Waals surface area contributed by atoms with Crippen LogP contribution in [0.3, 0.4) is 0 Å². The Balaban J connectivity index is 2.89. The van der Waals surface area contributed by atoms with Crippen molar-refractivity contribution in [3.8, 4) is 0 Å². The molecule has 0 unspecified atom stereocenters. The van der Waals surface area contributed by atoms with Crippen molar-refractivity contribution < 1.29 is 35.5 Å². The predicted molar refractivity (Wildman–Crippen MR) is 65.1 cm³/mol. The van der Waals surface area contributed by atoms with E-state index in [0.717, 1.165) is 12.1 Å². The van der Waals surface area contributed by atoms with Gasteiger partial charge in [-0.15, -0.1) is 0 Å². The number of ketones is 2. The summed E-state index contributed by atoms with van der Waals surface area (Å²) in [5.74, 6) is -3.01. The lowest BCUT2D eigenvalue weighted by Crippen LogP contribution is -2.27. The lowest BCUT2D eigenvalue weighted by atomic mass is 9.95. The number of fused-ring (bicyclic) bond motifs is 1. The second-order valence-electron chi connectivity index (χ2n) is 3.84. The van der Waals surface area contributed by atoms with Crippen LogP contribution >= 0.6 is 0 Å². The number of allylic oxidation sites excluding steroid dienone is 1. The number of carbonyl (C=O) groups excluding carboxylic acids is 2. The van der Waals surface area contributed by atoms with Gasteiger partial charge in [0.25, 0.3) is 20.2 Å². The molecule has 0 fully saturated rings. The second kappa shape index (κ2) is 4.31. The number of benzene rings is 1. The third-order valence-corrected chi connectivity index (χ3v) is 4.31. The van der Waals surface area contributed by atoms with E-state index in [4.69, 9.17) is 9.11 Å². The van der Waals surface area contributed by atoms with Gasteiger partial charge in [0.1, 0.15) is 9.80 Å². The van der Waals surface area contributed by atoms with Crippen molar-refractivity contribution in [3.63, 3.8) is 0 Å². The van der Waals surface area contributed by atoms with Crippen LogP contribution in [0.2, 0.25) is 0 Å². The first-order valence-corrected chi connectivity index (χ1v) is 7.80. The van der Waals surface area contributed by atoms with Crippen molar-refractivity contribution in [2.75, 3.05) is 0 Å². The van der Waals surface area contributed by atoms with Crippen LogP contribution in [0.15, 0.2) is 28.0 Å². The summed E-state index contributed by atoms with van der Waals surface area (Å²) in [7, 11) is -9.69. The van der Waals surface area contributed by atoms with Crippen LogP contribution in [0.1, 0.15) is 15.9 Å². The topological polar surface area (TPSA) is 143 Å². The zero-order valence-corrected chi connectivity index (χ0v) is 11.1. The fourth-order valence-corrected chi connectivity index (χ4v) is 3.07. The number of carbonyl (C=O) groups is 2. The van der Waals surface area contributed by atoms with Gasteiger partial charge in [0.05, 0.1) is 5.56 Å². The number of hydrogen-bond donors (Lipinski definition) is 2. The number of Topliss-reactive ketones (excluding diaryl/α,β-unsaturated/α-hetero) is 2. The SMILES string of the molecule is O=C1C(=O)c2c(cccc2S(=O)(=O)O)C=C1S(=O)(=O)O. The highest BCUT2D eigenvalue weighted by molar-refractivity contribution is 7.91. The Hall–Kier alpha value is -1.88. The van der Waals surface area contributed by atoms with Gasteiger partial charge in [-0.3, -0.25) is 18.7 Å². The summed E-state index contributed by atoms with van der Waals surface area (Å²) in [5.41, 5.74) is -0.843. The average Bonchev–Trinajstić information content (AvgIpc) is 2.30. The minimum atomic E-state index is -4.92. The molecule has 1 aliphatic carbocycles. The minimum Gasteiger partial charge on any atom is -0.285 e. The molecule has 0 atom stereocenters. The van der Waals surface area contributed by atoms with Gasteiger partial charge in [0.2, 0.25) is 11.6 Å². The maximum Gasteiger partial charge on any atom is 0.298 e. The highest BCUT2D eigenvalue weighted by atomic mass is 32.2. The Kier molecular flexibility index (Phi) is 3.13. The zero-order valence-electron chi connectivity index (χ0n) is 9.47. The molecule has 0 saturated heterocycles. The summed E-state index contributed by atoms with van der Waals surface area (Å²) in [6, 6.07) is 3.20. The molecule has 0 radical (unpaired) electrons. The summed E-state index contributed by atoms with van der Waals surface area (Å²) in [5, 5.41) is 0. The fraction of sp³-hybridized carbons (Fsp3) is 0. The van der Waals surface area contributed by atoms with Crippen LogP contribution in [0.4, 0.5) is 0 Å². The van der Waals surface area contributed by atoms with Gasteiger partial charge in [-0.25, -0.2) is 0 Å². The van der Waals surface area contributed by atoms with Crippen LogP contribution in [0.5, 0.6) is 0 Å². The van der Waals surface area contributed by atoms with E-state index in [0.29, 0.717) is 6.08 Å². The van der Waals surface area contributed by atoms with Crippen LogP contribution in [0, 0.1) is 0 Å². The van der Waals surface area contributed by atoms with Crippen molar-refractivity contribution in [1.82, 2.24) is 0 Å². The van der Waals surface area contributed by atoms with Crippen LogP contribution in [-0.4, -0.2) is 37.5 Å². The molecule has 0 saturated carbocycles. The molecule has 1 aromatic carbocycles. The minimum absolute atomic E-state index is 0.211. The normalized spacial score (nSPS) is 15.8. The quantitative estimate of drug-likeness (QED) is 0.569. The molecule has 10 heteroatoms. The molecule has 0 aliphatic heterocycles. The Labute approximate surface area is 113 Å². The lowest BCUT2D eigenvalue weighted by Gasteiger charge is -2.14. The van der Waals surface area contributed by atoms with E-state index in [2.05, 4.69) is 0 Å². The Morgan fingerprint density at radius 2 is 1.45 bits per heavy atom. The maximum absolute atomic E-state index is 11.8. The first-order chi connectivity index (χ1) is 9.03. The molecular formula is C10H6O8S2. The molecule has 2 N–H and O–H groups in total. The van der Waals surface area contributed by atoms with Gasteiger partial charge in [-0.1, -0.05) is 12.1 Å². The first-order valence-electron chi connectivity index (χ1n) is 4.92. The van der Waals surface area contributed by atoms with Crippen LogP contribution in [0.25, 0.3) is 6.08 Å². The van der Waals surface area contributed by atoms with E-state index in [9.17, 15) is 26.4 Å². The van der Waals surface area contributed by atoms with Gasteiger partial charge < -0.3 is 0 Å².